The van der Waals surface area contributed by atoms with Crippen LogP contribution in [0.15, 0.2) is 42.5 Å². The third kappa shape index (κ3) is 4.42. The summed E-state index contributed by atoms with van der Waals surface area (Å²) in [6.45, 7) is 7.46. The molecule has 0 heterocycles. The van der Waals surface area contributed by atoms with Gasteiger partial charge >= 0.3 is 5.97 Å². The molecule has 22 heavy (non-hydrogen) atoms. The van der Waals surface area contributed by atoms with Gasteiger partial charge in [0.15, 0.2) is 6.10 Å². The molecule has 2 rings (SSSR count). The molecule has 0 unspecified atom stereocenters. The van der Waals surface area contributed by atoms with E-state index < -0.39 is 14.2 Å². The molecule has 118 valence electrons. The maximum absolute atomic E-state index is 12.1. The van der Waals surface area contributed by atoms with E-state index in [1.165, 1.54) is 7.11 Å². The molecule has 0 fully saturated rings. The lowest BCUT2D eigenvalue weighted by atomic mass is 10.0. The van der Waals surface area contributed by atoms with Gasteiger partial charge in [0.2, 0.25) is 0 Å². The first kappa shape index (κ1) is 16.7. The lowest BCUT2D eigenvalue weighted by Gasteiger charge is -2.20. The first-order valence-corrected chi connectivity index (χ1v) is 11.3. The maximum Gasteiger partial charge on any atom is 0.339 e. The zero-order valence-corrected chi connectivity index (χ0v) is 14.8. The average molecular weight is 316 g/mol. The highest BCUT2D eigenvalue weighted by Gasteiger charge is 2.23. The number of rotatable bonds is 6. The van der Waals surface area contributed by atoms with E-state index in [-0.39, 0.29) is 5.97 Å². The number of esters is 1. The Balaban J connectivity index is 2.21. The van der Waals surface area contributed by atoms with Gasteiger partial charge in [0, 0.05) is 14.7 Å². The van der Waals surface area contributed by atoms with E-state index in [4.69, 9.17) is 9.47 Å². The summed E-state index contributed by atoms with van der Waals surface area (Å²) in [4.78, 5) is 12.1. The Morgan fingerprint density at radius 1 is 1.09 bits per heavy atom. The molecule has 4 heteroatoms. The topological polar surface area (TPSA) is 35.5 Å². The zero-order chi connectivity index (χ0) is 16.2. The molecule has 3 nitrogen and oxygen atoms in total. The van der Waals surface area contributed by atoms with Crippen LogP contribution in [-0.4, -0.2) is 27.8 Å². The summed E-state index contributed by atoms with van der Waals surface area (Å²) in [6, 6.07) is 15.1. The molecule has 0 spiro atoms. The van der Waals surface area contributed by atoms with Crippen LogP contribution in [0.3, 0.4) is 0 Å². The molecule has 0 aromatic heterocycles. The molecule has 0 saturated heterocycles. The first-order valence-electron chi connectivity index (χ1n) is 7.59. The number of hydrogen-bond acceptors (Lipinski definition) is 3. The minimum absolute atomic E-state index is 0.342. The zero-order valence-electron chi connectivity index (χ0n) is 13.8. The van der Waals surface area contributed by atoms with Crippen LogP contribution in [0.25, 0.3) is 10.8 Å². The van der Waals surface area contributed by atoms with Crippen LogP contribution in [0.1, 0.15) is 11.7 Å². The molecule has 2 aromatic rings. The average Bonchev–Trinajstić information content (AvgIpc) is 2.49. The summed E-state index contributed by atoms with van der Waals surface area (Å²) < 4.78 is 10.8. The molecule has 0 radical (unpaired) electrons. The van der Waals surface area contributed by atoms with Crippen molar-refractivity contribution in [1.82, 2.24) is 0 Å². The summed E-state index contributed by atoms with van der Waals surface area (Å²) in [5.41, 5.74) is 0.848. The Morgan fingerprint density at radius 2 is 1.77 bits per heavy atom. The number of fused-ring (bicyclic) bond motifs is 1. The van der Waals surface area contributed by atoms with E-state index in [1.54, 1.807) is 0 Å². The Hall–Kier alpha value is -1.65. The number of ether oxygens (including phenoxy) is 2. The minimum atomic E-state index is -1.19. The fourth-order valence-electron chi connectivity index (χ4n) is 2.26. The van der Waals surface area contributed by atoms with Crippen molar-refractivity contribution < 1.29 is 14.3 Å². The molecule has 2 aromatic carbocycles. The van der Waals surface area contributed by atoms with E-state index in [1.807, 2.05) is 36.4 Å². The van der Waals surface area contributed by atoms with Gasteiger partial charge in [-0.1, -0.05) is 56.0 Å². The number of carbonyl (C=O) groups is 1. The lowest BCUT2D eigenvalue weighted by Crippen LogP contribution is -2.24. The van der Waals surface area contributed by atoms with Crippen LogP contribution in [0.2, 0.25) is 25.7 Å². The molecule has 0 amide bonds. The van der Waals surface area contributed by atoms with E-state index in [2.05, 4.69) is 25.7 Å². The number of carbonyl (C=O) groups excluding carboxylic acids is 1. The molecule has 0 N–H and O–H groups in total. The second-order valence-electron chi connectivity index (χ2n) is 6.69. The maximum atomic E-state index is 12.1. The van der Waals surface area contributed by atoms with Gasteiger partial charge in [-0.15, -0.1) is 0 Å². The number of methoxy groups -OCH3 is 1. The summed E-state index contributed by atoms with van der Waals surface area (Å²) in [7, 11) is 0.210. The molecule has 0 bridgehead atoms. The summed E-state index contributed by atoms with van der Waals surface area (Å²) >= 11 is 0. The summed E-state index contributed by atoms with van der Waals surface area (Å²) in [5.74, 6) is -0.342. The van der Waals surface area contributed by atoms with Crippen molar-refractivity contribution in [2.24, 2.45) is 0 Å². The van der Waals surface area contributed by atoms with Crippen LogP contribution >= 0.6 is 0 Å². The second kappa shape index (κ2) is 7.07. The monoisotopic (exact) mass is 316 g/mol. The van der Waals surface area contributed by atoms with Gasteiger partial charge in [-0.25, -0.2) is 4.79 Å². The largest absolute Gasteiger partial charge is 0.467 e. The normalized spacial score (nSPS) is 13.1. The fourth-order valence-corrected chi connectivity index (χ4v) is 2.99. The minimum Gasteiger partial charge on any atom is -0.467 e. The molecular weight excluding hydrogens is 292 g/mol. The van der Waals surface area contributed by atoms with Crippen LogP contribution in [0.5, 0.6) is 0 Å². The van der Waals surface area contributed by atoms with E-state index in [0.717, 1.165) is 22.4 Å². The van der Waals surface area contributed by atoms with Gasteiger partial charge in [0.1, 0.15) is 0 Å². The van der Waals surface area contributed by atoms with Crippen LogP contribution in [-0.2, 0) is 14.3 Å². The van der Waals surface area contributed by atoms with Crippen LogP contribution in [0, 0.1) is 0 Å². The standard InChI is InChI=1S/C18H24O3Si/c1-20-18(19)17(21-11-12-22(2,3)4)16-10-9-14-7-5-6-8-15(14)13-16/h5-10,13,17H,11-12H2,1-4H3/t17-/m1/s1. The summed E-state index contributed by atoms with van der Waals surface area (Å²) in [6.07, 6.45) is -0.647. The van der Waals surface area contributed by atoms with Gasteiger partial charge in [-0.05, 0) is 28.4 Å². The van der Waals surface area contributed by atoms with Crippen LogP contribution < -0.4 is 0 Å². The quantitative estimate of drug-likeness (QED) is 0.585. The van der Waals surface area contributed by atoms with Crippen molar-refractivity contribution in [3.8, 4) is 0 Å². The van der Waals surface area contributed by atoms with Gasteiger partial charge in [-0.2, -0.15) is 0 Å². The highest BCUT2D eigenvalue weighted by molar-refractivity contribution is 6.76. The molecule has 0 aliphatic heterocycles. The van der Waals surface area contributed by atoms with E-state index in [9.17, 15) is 4.79 Å². The lowest BCUT2D eigenvalue weighted by molar-refractivity contribution is -0.154. The number of hydrogen-bond donors (Lipinski definition) is 0. The van der Waals surface area contributed by atoms with Crippen molar-refractivity contribution in [1.29, 1.82) is 0 Å². The summed E-state index contributed by atoms with van der Waals surface area (Å²) in [5, 5.41) is 2.25. The molecular formula is C18H24O3Si. The highest BCUT2D eigenvalue weighted by atomic mass is 28.3. The van der Waals surface area contributed by atoms with Crippen molar-refractivity contribution in [2.45, 2.75) is 31.8 Å². The predicted octanol–water partition coefficient (Wildman–Crippen LogP) is 4.41. The van der Waals surface area contributed by atoms with Crippen molar-refractivity contribution in [3.05, 3.63) is 48.0 Å². The van der Waals surface area contributed by atoms with Crippen LogP contribution in [0.4, 0.5) is 0 Å². The Labute approximate surface area is 133 Å². The van der Waals surface area contributed by atoms with Gasteiger partial charge in [-0.3, -0.25) is 0 Å². The predicted molar refractivity (Wildman–Crippen MR) is 92.8 cm³/mol. The smallest absolute Gasteiger partial charge is 0.339 e. The van der Waals surface area contributed by atoms with Gasteiger partial charge < -0.3 is 9.47 Å². The van der Waals surface area contributed by atoms with E-state index >= 15 is 0 Å². The SMILES string of the molecule is COC(=O)[C@H](OCC[Si](C)(C)C)c1ccc2ccccc2c1. The molecule has 0 saturated carbocycles. The van der Waals surface area contributed by atoms with E-state index in [0.29, 0.717) is 6.61 Å². The van der Waals surface area contributed by atoms with Crippen molar-refractivity contribution >= 4 is 24.8 Å². The Bertz CT molecular complexity index is 646. The first-order chi connectivity index (χ1) is 10.4. The molecule has 0 aliphatic carbocycles. The highest BCUT2D eigenvalue weighted by Crippen LogP contribution is 2.25. The Kier molecular flexibility index (Phi) is 5.37. The number of benzene rings is 2. The van der Waals surface area contributed by atoms with Gasteiger partial charge in [0.05, 0.1) is 7.11 Å². The molecule has 0 aliphatic rings. The molecule has 1 atom stereocenters. The second-order valence-corrected chi connectivity index (χ2v) is 12.3. The third-order valence-electron chi connectivity index (χ3n) is 3.63. The fraction of sp³-hybridized carbons (Fsp3) is 0.389. The van der Waals surface area contributed by atoms with Crippen molar-refractivity contribution in [2.75, 3.05) is 13.7 Å². The van der Waals surface area contributed by atoms with Gasteiger partial charge in [0.25, 0.3) is 0 Å². The van der Waals surface area contributed by atoms with Crippen molar-refractivity contribution in [3.63, 3.8) is 0 Å². The Morgan fingerprint density at radius 3 is 2.41 bits per heavy atom. The third-order valence-corrected chi connectivity index (χ3v) is 5.33.